The van der Waals surface area contributed by atoms with Crippen LogP contribution in [0.15, 0.2) is 70.0 Å². The van der Waals surface area contributed by atoms with E-state index in [4.69, 9.17) is 13.9 Å². The Morgan fingerprint density at radius 2 is 1.86 bits per heavy atom. The van der Waals surface area contributed by atoms with E-state index < -0.39 is 0 Å². The molecule has 0 bridgehead atoms. The largest absolute Gasteiger partial charge is 0.455 e. The van der Waals surface area contributed by atoms with Gasteiger partial charge < -0.3 is 18.8 Å². The lowest BCUT2D eigenvalue weighted by Gasteiger charge is -2.20. The van der Waals surface area contributed by atoms with Crippen LogP contribution in [0.1, 0.15) is 28.8 Å². The van der Waals surface area contributed by atoms with Gasteiger partial charge in [0.15, 0.2) is 17.3 Å². The molecule has 1 aromatic heterocycles. The van der Waals surface area contributed by atoms with Crippen molar-refractivity contribution in [3.8, 4) is 11.5 Å². The van der Waals surface area contributed by atoms with E-state index in [1.807, 2.05) is 49.4 Å². The molecule has 1 amide bonds. The van der Waals surface area contributed by atoms with Crippen molar-refractivity contribution in [1.29, 1.82) is 0 Å². The molecule has 1 aliphatic rings. The summed E-state index contributed by atoms with van der Waals surface area (Å²) in [7, 11) is 0. The van der Waals surface area contributed by atoms with Gasteiger partial charge in [0.1, 0.15) is 5.76 Å². The number of fused-ring (bicyclic) bond motifs is 1. The van der Waals surface area contributed by atoms with Gasteiger partial charge in [-0.05, 0) is 48.9 Å². The summed E-state index contributed by atoms with van der Waals surface area (Å²) in [6.45, 7) is 3.27. The Morgan fingerprint density at radius 1 is 1.04 bits per heavy atom. The van der Waals surface area contributed by atoms with E-state index in [0.29, 0.717) is 24.6 Å². The summed E-state index contributed by atoms with van der Waals surface area (Å²) in [6.07, 6.45) is 0. The molecule has 0 atom stereocenters. The SMILES string of the molecule is CCN(Cc1ccc2c(c1)OCO2)C(=O)c1ccc(CSc2ccccc2)o1. The van der Waals surface area contributed by atoms with E-state index in [2.05, 4.69) is 12.1 Å². The van der Waals surface area contributed by atoms with Crippen molar-refractivity contribution >= 4 is 17.7 Å². The summed E-state index contributed by atoms with van der Waals surface area (Å²) in [6, 6.07) is 19.5. The Hall–Kier alpha value is -2.86. The molecule has 28 heavy (non-hydrogen) atoms. The molecular formula is C22H21NO4S. The zero-order chi connectivity index (χ0) is 19.3. The number of carbonyl (C=O) groups excluding carboxylic acids is 1. The normalized spacial score (nSPS) is 12.2. The minimum Gasteiger partial charge on any atom is -0.455 e. The first kappa shape index (κ1) is 18.5. The Balaban J connectivity index is 1.40. The summed E-state index contributed by atoms with van der Waals surface area (Å²) in [5.41, 5.74) is 0.992. The van der Waals surface area contributed by atoms with Crippen LogP contribution in [0.4, 0.5) is 0 Å². The van der Waals surface area contributed by atoms with Gasteiger partial charge >= 0.3 is 0 Å². The number of furan rings is 1. The Bertz CT molecular complexity index is 954. The van der Waals surface area contributed by atoms with Gasteiger partial charge in [0.25, 0.3) is 5.91 Å². The fraction of sp³-hybridized carbons (Fsp3) is 0.227. The topological polar surface area (TPSA) is 51.9 Å². The number of nitrogens with zero attached hydrogens (tertiary/aromatic N) is 1. The maximum atomic E-state index is 12.9. The van der Waals surface area contributed by atoms with Crippen LogP contribution >= 0.6 is 11.8 Å². The molecule has 0 N–H and O–H groups in total. The van der Waals surface area contributed by atoms with E-state index in [1.54, 1.807) is 22.7 Å². The monoisotopic (exact) mass is 395 g/mol. The summed E-state index contributed by atoms with van der Waals surface area (Å²) >= 11 is 1.68. The van der Waals surface area contributed by atoms with Gasteiger partial charge in [-0.3, -0.25) is 4.79 Å². The number of amides is 1. The highest BCUT2D eigenvalue weighted by atomic mass is 32.2. The van der Waals surface area contributed by atoms with Crippen molar-refractivity contribution < 1.29 is 18.7 Å². The van der Waals surface area contributed by atoms with Crippen LogP contribution in [0.5, 0.6) is 11.5 Å². The second-order valence-corrected chi connectivity index (χ2v) is 7.42. The number of hydrogen-bond acceptors (Lipinski definition) is 5. The maximum Gasteiger partial charge on any atom is 0.289 e. The molecule has 4 rings (SSSR count). The number of hydrogen-bond donors (Lipinski definition) is 0. The molecular weight excluding hydrogens is 374 g/mol. The van der Waals surface area contributed by atoms with Gasteiger partial charge in [0.05, 0.1) is 5.75 Å². The third-order valence-corrected chi connectivity index (χ3v) is 5.51. The van der Waals surface area contributed by atoms with Crippen LogP contribution in [0.25, 0.3) is 0 Å². The summed E-state index contributed by atoms with van der Waals surface area (Å²) in [4.78, 5) is 15.8. The van der Waals surface area contributed by atoms with Crippen molar-refractivity contribution in [2.24, 2.45) is 0 Å². The quantitative estimate of drug-likeness (QED) is 0.529. The van der Waals surface area contributed by atoms with Crippen LogP contribution < -0.4 is 9.47 Å². The van der Waals surface area contributed by atoms with Crippen LogP contribution in [0.3, 0.4) is 0 Å². The number of benzene rings is 2. The van der Waals surface area contributed by atoms with Crippen molar-refractivity contribution in [2.75, 3.05) is 13.3 Å². The first-order valence-corrected chi connectivity index (χ1v) is 10.2. The van der Waals surface area contributed by atoms with Gasteiger partial charge in [-0.1, -0.05) is 24.3 Å². The predicted molar refractivity (Wildman–Crippen MR) is 108 cm³/mol. The second-order valence-electron chi connectivity index (χ2n) is 6.37. The highest BCUT2D eigenvalue weighted by Gasteiger charge is 2.20. The Morgan fingerprint density at radius 3 is 2.68 bits per heavy atom. The van der Waals surface area contributed by atoms with Crippen LogP contribution in [-0.2, 0) is 12.3 Å². The van der Waals surface area contributed by atoms with Crippen LogP contribution in [0, 0.1) is 0 Å². The molecule has 6 heteroatoms. The highest BCUT2D eigenvalue weighted by Crippen LogP contribution is 2.33. The fourth-order valence-electron chi connectivity index (χ4n) is 2.98. The highest BCUT2D eigenvalue weighted by molar-refractivity contribution is 7.98. The first-order chi connectivity index (χ1) is 13.7. The average Bonchev–Trinajstić information content (AvgIpc) is 3.40. The number of rotatable bonds is 7. The predicted octanol–water partition coefficient (Wildman–Crippen LogP) is 4.96. The maximum absolute atomic E-state index is 12.9. The van der Waals surface area contributed by atoms with E-state index in [1.165, 1.54) is 4.90 Å². The van der Waals surface area contributed by atoms with Crippen molar-refractivity contribution in [3.05, 3.63) is 77.7 Å². The lowest BCUT2D eigenvalue weighted by atomic mass is 10.2. The molecule has 0 aliphatic carbocycles. The zero-order valence-electron chi connectivity index (χ0n) is 15.6. The number of ether oxygens (including phenoxy) is 2. The van der Waals surface area contributed by atoms with Crippen LogP contribution in [0.2, 0.25) is 0 Å². The molecule has 3 aromatic rings. The average molecular weight is 395 g/mol. The molecule has 0 fully saturated rings. The third-order valence-electron chi connectivity index (χ3n) is 4.48. The van der Waals surface area contributed by atoms with Crippen molar-refractivity contribution in [3.63, 3.8) is 0 Å². The van der Waals surface area contributed by atoms with Gasteiger partial charge in [-0.15, -0.1) is 11.8 Å². The molecule has 0 radical (unpaired) electrons. The lowest BCUT2D eigenvalue weighted by Crippen LogP contribution is -2.30. The van der Waals surface area contributed by atoms with E-state index >= 15 is 0 Å². The molecule has 144 valence electrons. The summed E-state index contributed by atoms with van der Waals surface area (Å²) < 4.78 is 16.6. The smallest absolute Gasteiger partial charge is 0.289 e. The molecule has 5 nitrogen and oxygen atoms in total. The molecule has 1 aliphatic heterocycles. The Kier molecular flexibility index (Phi) is 5.58. The molecule has 2 aromatic carbocycles. The molecule has 0 saturated heterocycles. The molecule has 0 saturated carbocycles. The Labute approximate surface area is 168 Å². The molecule has 0 unspecified atom stereocenters. The van der Waals surface area contributed by atoms with E-state index in [-0.39, 0.29) is 12.7 Å². The fourth-order valence-corrected chi connectivity index (χ4v) is 3.80. The molecule has 2 heterocycles. The molecule has 0 spiro atoms. The lowest BCUT2D eigenvalue weighted by molar-refractivity contribution is 0.0718. The first-order valence-electron chi connectivity index (χ1n) is 9.17. The number of carbonyl (C=O) groups is 1. The van der Waals surface area contributed by atoms with Gasteiger partial charge in [-0.2, -0.15) is 0 Å². The minimum absolute atomic E-state index is 0.115. The second kappa shape index (κ2) is 8.44. The third kappa shape index (κ3) is 4.17. The standard InChI is InChI=1S/C22H21NO4S/c1-2-23(13-16-8-10-19-21(12-16)26-15-25-19)22(24)20-11-9-17(27-20)14-28-18-6-4-3-5-7-18/h3-12H,2,13-15H2,1H3. The summed E-state index contributed by atoms with van der Waals surface area (Å²) in [5, 5.41) is 0. The van der Waals surface area contributed by atoms with Gasteiger partial charge in [0.2, 0.25) is 6.79 Å². The minimum atomic E-state index is -0.115. The van der Waals surface area contributed by atoms with Gasteiger partial charge in [-0.25, -0.2) is 0 Å². The zero-order valence-corrected chi connectivity index (χ0v) is 16.4. The summed E-state index contributed by atoms with van der Waals surface area (Å²) in [5.74, 6) is 3.19. The van der Waals surface area contributed by atoms with Crippen molar-refractivity contribution in [2.45, 2.75) is 24.1 Å². The van der Waals surface area contributed by atoms with Crippen molar-refractivity contribution in [1.82, 2.24) is 4.90 Å². The number of thioether (sulfide) groups is 1. The van der Waals surface area contributed by atoms with E-state index in [9.17, 15) is 4.79 Å². The van der Waals surface area contributed by atoms with Gasteiger partial charge in [0, 0.05) is 18.0 Å². The van der Waals surface area contributed by atoms with E-state index in [0.717, 1.165) is 22.8 Å². The van der Waals surface area contributed by atoms with Crippen LogP contribution in [-0.4, -0.2) is 24.1 Å².